The van der Waals surface area contributed by atoms with E-state index in [1.165, 1.54) is 16.7 Å². The van der Waals surface area contributed by atoms with Crippen molar-refractivity contribution in [3.05, 3.63) is 34.9 Å². The van der Waals surface area contributed by atoms with Gasteiger partial charge in [0.25, 0.3) is 0 Å². The van der Waals surface area contributed by atoms with Gasteiger partial charge < -0.3 is 5.32 Å². The molecule has 6 heteroatoms. The molecule has 102 valence electrons. The zero-order valence-electron chi connectivity index (χ0n) is 10.6. The second kappa shape index (κ2) is 6.30. The van der Waals surface area contributed by atoms with Crippen LogP contribution in [0.4, 0.5) is 4.79 Å². The minimum atomic E-state index is -0.287. The second-order valence-electron chi connectivity index (χ2n) is 4.28. The van der Waals surface area contributed by atoms with Crippen molar-refractivity contribution in [3.63, 3.8) is 0 Å². The van der Waals surface area contributed by atoms with Gasteiger partial charge in [-0.15, -0.1) is 11.8 Å². The number of halogens is 1. The molecule has 1 atom stereocenters. The van der Waals surface area contributed by atoms with E-state index in [0.29, 0.717) is 23.9 Å². The van der Waals surface area contributed by atoms with Crippen molar-refractivity contribution in [2.45, 2.75) is 12.2 Å². The normalized spacial score (nSPS) is 16.3. The van der Waals surface area contributed by atoms with Crippen molar-refractivity contribution >= 4 is 35.3 Å². The standard InChI is InChI=1S/C13H15ClN2O2S/c1-9(10-2-4-11(14)5-3-10)19-8-12(17)16-7-6-15-13(16)18/h2-5,9H,6-8H2,1H3,(H,15,18). The van der Waals surface area contributed by atoms with Gasteiger partial charge >= 0.3 is 6.03 Å². The lowest BCUT2D eigenvalue weighted by Crippen LogP contribution is -2.35. The number of urea groups is 1. The minimum absolute atomic E-state index is 0.138. The largest absolute Gasteiger partial charge is 0.336 e. The van der Waals surface area contributed by atoms with Crippen LogP contribution in [0.1, 0.15) is 17.7 Å². The minimum Gasteiger partial charge on any atom is -0.336 e. The predicted molar refractivity (Wildman–Crippen MR) is 77.4 cm³/mol. The summed E-state index contributed by atoms with van der Waals surface area (Å²) in [5.41, 5.74) is 1.12. The Hall–Kier alpha value is -1.20. The Bertz CT molecular complexity index is 478. The molecule has 0 aliphatic carbocycles. The molecule has 19 heavy (non-hydrogen) atoms. The molecule has 2 rings (SSSR count). The summed E-state index contributed by atoms with van der Waals surface area (Å²) in [4.78, 5) is 24.5. The third-order valence-electron chi connectivity index (χ3n) is 2.95. The number of benzene rings is 1. The van der Waals surface area contributed by atoms with Crippen LogP contribution in [0.5, 0.6) is 0 Å². The molecule has 1 N–H and O–H groups in total. The van der Waals surface area contributed by atoms with E-state index in [2.05, 4.69) is 5.32 Å². The van der Waals surface area contributed by atoms with E-state index < -0.39 is 0 Å². The molecule has 1 fully saturated rings. The summed E-state index contributed by atoms with van der Waals surface area (Å²) < 4.78 is 0. The molecule has 1 aromatic rings. The molecule has 1 unspecified atom stereocenters. The van der Waals surface area contributed by atoms with Crippen LogP contribution in [0.2, 0.25) is 5.02 Å². The molecule has 0 aromatic heterocycles. The number of carbonyl (C=O) groups excluding carboxylic acids is 2. The van der Waals surface area contributed by atoms with Crippen LogP contribution < -0.4 is 5.32 Å². The number of rotatable bonds is 4. The van der Waals surface area contributed by atoms with Crippen LogP contribution in [0.3, 0.4) is 0 Å². The van der Waals surface area contributed by atoms with Crippen LogP contribution >= 0.6 is 23.4 Å². The Morgan fingerprint density at radius 2 is 2.16 bits per heavy atom. The summed E-state index contributed by atoms with van der Waals surface area (Å²) >= 11 is 7.35. The van der Waals surface area contributed by atoms with E-state index in [-0.39, 0.29) is 17.2 Å². The number of nitrogens with one attached hydrogen (secondary N) is 1. The molecule has 0 bridgehead atoms. The fourth-order valence-corrected chi connectivity index (χ4v) is 2.84. The molecule has 1 aliphatic rings. The van der Waals surface area contributed by atoms with E-state index in [4.69, 9.17) is 11.6 Å². The number of amides is 3. The highest BCUT2D eigenvalue weighted by Crippen LogP contribution is 2.29. The van der Waals surface area contributed by atoms with Gasteiger partial charge in [-0.25, -0.2) is 4.79 Å². The molecule has 1 saturated heterocycles. The molecule has 1 aromatic carbocycles. The first-order valence-corrected chi connectivity index (χ1v) is 7.46. The van der Waals surface area contributed by atoms with Crippen LogP contribution in [-0.4, -0.2) is 35.7 Å². The summed E-state index contributed by atoms with van der Waals surface area (Å²) in [5, 5.41) is 3.50. The number of nitrogens with zero attached hydrogens (tertiary/aromatic N) is 1. The number of carbonyl (C=O) groups is 2. The van der Waals surface area contributed by atoms with Crippen molar-refractivity contribution in [2.24, 2.45) is 0 Å². The number of thioether (sulfide) groups is 1. The molecule has 0 radical (unpaired) electrons. The maximum Gasteiger partial charge on any atom is 0.324 e. The highest BCUT2D eigenvalue weighted by molar-refractivity contribution is 8.00. The van der Waals surface area contributed by atoms with Crippen LogP contribution in [-0.2, 0) is 4.79 Å². The molecule has 0 spiro atoms. The van der Waals surface area contributed by atoms with Crippen LogP contribution in [0.15, 0.2) is 24.3 Å². The van der Waals surface area contributed by atoms with Gasteiger partial charge in [-0.05, 0) is 24.6 Å². The highest BCUT2D eigenvalue weighted by Gasteiger charge is 2.26. The Balaban J connectivity index is 1.86. The highest BCUT2D eigenvalue weighted by atomic mass is 35.5. The van der Waals surface area contributed by atoms with Crippen molar-refractivity contribution < 1.29 is 9.59 Å². The molecular weight excluding hydrogens is 284 g/mol. The lowest BCUT2D eigenvalue weighted by molar-refractivity contribution is -0.124. The topological polar surface area (TPSA) is 49.4 Å². The lowest BCUT2D eigenvalue weighted by atomic mass is 10.2. The molecule has 3 amide bonds. The smallest absolute Gasteiger partial charge is 0.324 e. The van der Waals surface area contributed by atoms with E-state index in [1.54, 1.807) is 0 Å². The third kappa shape index (κ3) is 3.64. The van der Waals surface area contributed by atoms with Crippen LogP contribution in [0, 0.1) is 0 Å². The Kier molecular flexibility index (Phi) is 4.71. The van der Waals surface area contributed by atoms with Crippen LogP contribution in [0.25, 0.3) is 0 Å². The summed E-state index contributed by atoms with van der Waals surface area (Å²) in [6.45, 7) is 3.04. The maximum absolute atomic E-state index is 11.9. The summed E-state index contributed by atoms with van der Waals surface area (Å²) in [5.74, 6) is 0.165. The first-order valence-electron chi connectivity index (χ1n) is 6.03. The van der Waals surface area contributed by atoms with Crippen molar-refractivity contribution in [1.29, 1.82) is 0 Å². The zero-order valence-corrected chi connectivity index (χ0v) is 12.1. The Morgan fingerprint density at radius 3 is 2.74 bits per heavy atom. The monoisotopic (exact) mass is 298 g/mol. The van der Waals surface area contributed by atoms with Gasteiger partial charge in [0.05, 0.1) is 5.75 Å². The third-order valence-corrected chi connectivity index (χ3v) is 4.39. The molecule has 0 saturated carbocycles. The van der Waals surface area contributed by atoms with Gasteiger partial charge in [0.2, 0.25) is 5.91 Å². The molecule has 4 nitrogen and oxygen atoms in total. The number of hydrogen-bond donors (Lipinski definition) is 1. The van der Waals surface area contributed by atoms with E-state index in [1.807, 2.05) is 31.2 Å². The van der Waals surface area contributed by atoms with Crippen molar-refractivity contribution in [1.82, 2.24) is 10.2 Å². The fourth-order valence-electron chi connectivity index (χ4n) is 1.81. The van der Waals surface area contributed by atoms with Gasteiger partial charge in [-0.2, -0.15) is 0 Å². The predicted octanol–water partition coefficient (Wildman–Crippen LogP) is 2.69. The van der Waals surface area contributed by atoms with Gasteiger partial charge in [0, 0.05) is 23.4 Å². The van der Waals surface area contributed by atoms with Gasteiger partial charge in [0.15, 0.2) is 0 Å². The SMILES string of the molecule is CC(SCC(=O)N1CCNC1=O)c1ccc(Cl)cc1. The number of imide groups is 1. The second-order valence-corrected chi connectivity index (χ2v) is 6.05. The van der Waals surface area contributed by atoms with Gasteiger partial charge in [-0.1, -0.05) is 23.7 Å². The summed E-state index contributed by atoms with van der Waals surface area (Å²) in [6, 6.07) is 7.29. The Morgan fingerprint density at radius 1 is 1.47 bits per heavy atom. The first-order chi connectivity index (χ1) is 9.08. The zero-order chi connectivity index (χ0) is 13.8. The summed E-state index contributed by atoms with van der Waals surface area (Å²) in [6.07, 6.45) is 0. The molecule has 1 aliphatic heterocycles. The quantitative estimate of drug-likeness (QED) is 0.930. The number of hydrogen-bond acceptors (Lipinski definition) is 3. The van der Waals surface area contributed by atoms with Crippen molar-refractivity contribution in [2.75, 3.05) is 18.8 Å². The summed E-state index contributed by atoms with van der Waals surface area (Å²) in [7, 11) is 0. The molecular formula is C13H15ClN2O2S. The van der Waals surface area contributed by atoms with E-state index in [9.17, 15) is 9.59 Å². The maximum atomic E-state index is 11.9. The average Bonchev–Trinajstić information content (AvgIpc) is 2.83. The van der Waals surface area contributed by atoms with Gasteiger partial charge in [-0.3, -0.25) is 9.69 Å². The van der Waals surface area contributed by atoms with Crippen molar-refractivity contribution in [3.8, 4) is 0 Å². The first kappa shape index (κ1) is 14.2. The Labute approximate surface area is 121 Å². The van der Waals surface area contributed by atoms with E-state index >= 15 is 0 Å². The van der Waals surface area contributed by atoms with Gasteiger partial charge in [0.1, 0.15) is 0 Å². The average molecular weight is 299 g/mol. The fraction of sp³-hybridized carbons (Fsp3) is 0.385. The van der Waals surface area contributed by atoms with E-state index in [0.717, 1.165) is 5.56 Å². The molecule has 1 heterocycles. The lowest BCUT2D eigenvalue weighted by Gasteiger charge is -2.15.